The molecule has 330 valence electrons. The van der Waals surface area contributed by atoms with Gasteiger partial charge >= 0.3 is 0 Å². The second-order valence-electron chi connectivity index (χ2n) is 18.0. The fourth-order valence-electron chi connectivity index (χ4n) is 9.16. The Morgan fingerprint density at radius 3 is 2.56 bits per heavy atom. The molecule has 5 aliphatic rings. The highest BCUT2D eigenvalue weighted by Gasteiger charge is 2.62. The number of halogens is 1. The summed E-state index contributed by atoms with van der Waals surface area (Å²) in [6.45, 7) is 16.0. The fraction of sp³-hybridized carbons (Fsp3) is 0.614. The number of allylic oxidation sites excluding steroid dienone is 1. The van der Waals surface area contributed by atoms with E-state index in [1.165, 1.54) is 11.3 Å². The number of rotatable bonds is 17. The van der Waals surface area contributed by atoms with Gasteiger partial charge in [-0.1, -0.05) is 31.5 Å². The van der Waals surface area contributed by atoms with E-state index >= 15 is 0 Å². The van der Waals surface area contributed by atoms with Crippen molar-refractivity contribution in [2.75, 3.05) is 46.6 Å². The van der Waals surface area contributed by atoms with Crippen LogP contribution in [0.4, 0.5) is 0 Å². The molecule has 0 bridgehead atoms. The van der Waals surface area contributed by atoms with E-state index in [1.54, 1.807) is 18.1 Å². The van der Waals surface area contributed by atoms with Crippen LogP contribution in [-0.2, 0) is 33.9 Å². The van der Waals surface area contributed by atoms with Crippen LogP contribution in [0.1, 0.15) is 84.3 Å². The van der Waals surface area contributed by atoms with Crippen LogP contribution in [0.3, 0.4) is 0 Å². The van der Waals surface area contributed by atoms with Gasteiger partial charge in [-0.25, -0.2) is 18.4 Å². The molecule has 5 fully saturated rings. The first kappa shape index (κ1) is 44.0. The number of pyridine rings is 1. The number of hydrogen-bond acceptors (Lipinski definition) is 13. The van der Waals surface area contributed by atoms with Gasteiger partial charge in [-0.15, -0.1) is 17.9 Å². The lowest BCUT2D eigenvalue weighted by atomic mass is 9.80. The lowest BCUT2D eigenvalue weighted by molar-refractivity contribution is -0.158. The number of sulfonamides is 1. The summed E-state index contributed by atoms with van der Waals surface area (Å²) in [6.07, 6.45) is 3.24. The molecular weight excluding hydrogens is 842 g/mol. The highest BCUT2D eigenvalue weighted by Crippen LogP contribution is 2.57. The molecule has 0 radical (unpaired) electrons. The average molecular weight is 899 g/mol. The number of ether oxygens (including phenoxy) is 4. The number of nitrogens with one attached hydrogen (secondary N) is 1. The molecule has 2 amide bonds. The van der Waals surface area contributed by atoms with Crippen LogP contribution in [0.15, 0.2) is 36.2 Å². The van der Waals surface area contributed by atoms with E-state index < -0.39 is 56.3 Å². The van der Waals surface area contributed by atoms with Crippen LogP contribution in [0.5, 0.6) is 11.5 Å². The van der Waals surface area contributed by atoms with E-state index in [1.807, 2.05) is 37.4 Å². The molecule has 0 unspecified atom stereocenters. The molecule has 8 rings (SSSR count). The molecule has 17 heteroatoms. The van der Waals surface area contributed by atoms with Gasteiger partial charge in [0.25, 0.3) is 0 Å². The standard InChI is InChI=1S/C44H56ClN5O9S2/c1-7-26-22-44(26,42(53)48-61(54,55)27-8-9-27)23-34(51)33-21-37(32-12-11-29(41(52)50(32)33)43(4,5)56-6)59-36-20-30(40-47-31(24-60-40)25(2)3)46-39-28(36)10-13-35(38(39)45)58-19-16-49-14-17-57-18-15-49/h7,10,13,20,24-27,29,32-33,37H,1,8-9,11-12,14-19,21-23H2,2-6H3,(H,48,53)/t26-,29+,32-,33+,37-,44-/m1/s1. The highest BCUT2D eigenvalue weighted by molar-refractivity contribution is 7.90. The largest absolute Gasteiger partial charge is 0.491 e. The minimum absolute atomic E-state index is 0.163. The third kappa shape index (κ3) is 8.69. The SMILES string of the molecule is C=C[C@@H]1C[C@]1(CC(=O)[C@@H]1C[C@@H](Oc2cc(-c3nc(C(C)C)cs3)nc3c(Cl)c(OCCN4CCOCC4)ccc23)[C@H]2CC[C@H](C(C)(C)OC)C(=O)N21)C(=O)NS(=O)(=O)C1CC1. The summed E-state index contributed by atoms with van der Waals surface area (Å²) in [5, 5.41) is 3.07. The zero-order chi connectivity index (χ0) is 43.4. The number of nitrogens with zero attached hydrogens (tertiary/aromatic N) is 4. The normalized spacial score (nSPS) is 27.0. The van der Waals surface area contributed by atoms with E-state index in [2.05, 4.69) is 30.0 Å². The zero-order valence-corrected chi connectivity index (χ0v) is 37.9. The van der Waals surface area contributed by atoms with E-state index in [9.17, 15) is 22.8 Å². The first-order valence-corrected chi connectivity index (χ1v) is 24.1. The molecule has 1 N–H and O–H groups in total. The molecule has 3 saturated heterocycles. The summed E-state index contributed by atoms with van der Waals surface area (Å²) in [4.78, 5) is 56.9. The number of methoxy groups -OCH3 is 1. The van der Waals surface area contributed by atoms with E-state index in [0.29, 0.717) is 90.1 Å². The van der Waals surface area contributed by atoms with E-state index in [-0.39, 0.29) is 36.4 Å². The molecule has 2 aromatic heterocycles. The highest BCUT2D eigenvalue weighted by atomic mass is 35.5. The van der Waals surface area contributed by atoms with Gasteiger partial charge in [-0.3, -0.25) is 24.0 Å². The van der Waals surface area contributed by atoms with Crippen LogP contribution in [0, 0.1) is 17.3 Å². The Morgan fingerprint density at radius 1 is 1.15 bits per heavy atom. The topological polar surface area (TPSA) is 167 Å². The summed E-state index contributed by atoms with van der Waals surface area (Å²) in [5.74, 6) is -0.974. The van der Waals surface area contributed by atoms with Gasteiger partial charge < -0.3 is 23.8 Å². The van der Waals surface area contributed by atoms with E-state index in [4.69, 9.17) is 40.5 Å². The van der Waals surface area contributed by atoms with Crippen molar-refractivity contribution in [1.82, 2.24) is 24.5 Å². The maximum atomic E-state index is 14.7. The summed E-state index contributed by atoms with van der Waals surface area (Å²) >= 11 is 8.61. The average Bonchev–Trinajstić information content (AvgIpc) is 4.13. The number of aromatic nitrogens is 2. The molecule has 3 aromatic rings. The third-order valence-corrected chi connectivity index (χ3v) is 16.5. The van der Waals surface area contributed by atoms with Crippen molar-refractivity contribution in [3.05, 3.63) is 47.0 Å². The Kier molecular flexibility index (Phi) is 12.3. The van der Waals surface area contributed by atoms with Crippen molar-refractivity contribution in [2.24, 2.45) is 17.3 Å². The second kappa shape index (κ2) is 17.1. The molecule has 0 spiro atoms. The number of ketones is 1. The molecule has 2 aliphatic carbocycles. The van der Waals surface area contributed by atoms with Gasteiger partial charge in [-0.2, -0.15) is 0 Å². The Bertz CT molecular complexity index is 2310. The van der Waals surface area contributed by atoms with Gasteiger partial charge in [0.2, 0.25) is 21.8 Å². The lowest BCUT2D eigenvalue weighted by Gasteiger charge is -2.43. The van der Waals surface area contributed by atoms with Gasteiger partial charge in [-0.05, 0) is 69.9 Å². The molecular formula is C44H56ClN5O9S2. The Balaban J connectivity index is 1.12. The maximum Gasteiger partial charge on any atom is 0.240 e. The lowest BCUT2D eigenvalue weighted by Crippen LogP contribution is -2.57. The predicted molar refractivity (Wildman–Crippen MR) is 232 cm³/mol. The van der Waals surface area contributed by atoms with Crippen LogP contribution in [-0.4, -0.2) is 121 Å². The Hall–Kier alpha value is -3.67. The number of hydrogen-bond donors (Lipinski definition) is 1. The van der Waals surface area contributed by atoms with Gasteiger partial charge in [0.15, 0.2) is 5.78 Å². The number of fused-ring (bicyclic) bond motifs is 2. The van der Waals surface area contributed by atoms with Crippen LogP contribution >= 0.6 is 22.9 Å². The maximum absolute atomic E-state index is 14.7. The fourth-order valence-corrected chi connectivity index (χ4v) is 11.7. The number of morpholine rings is 1. The zero-order valence-electron chi connectivity index (χ0n) is 35.5. The molecule has 61 heavy (non-hydrogen) atoms. The quantitative estimate of drug-likeness (QED) is 0.154. The van der Waals surface area contributed by atoms with Gasteiger partial charge in [0.05, 0.1) is 58.7 Å². The summed E-state index contributed by atoms with van der Waals surface area (Å²) in [5.41, 5.74) is -0.106. The molecule has 5 heterocycles. The van der Waals surface area contributed by atoms with Crippen molar-refractivity contribution < 1.29 is 41.7 Å². The van der Waals surface area contributed by atoms with Crippen molar-refractivity contribution in [1.29, 1.82) is 0 Å². The third-order valence-electron chi connectivity index (χ3n) is 13.4. The van der Waals surface area contributed by atoms with Gasteiger partial charge in [0, 0.05) is 56.4 Å². The van der Waals surface area contributed by atoms with E-state index in [0.717, 1.165) is 25.3 Å². The number of benzene rings is 1. The molecule has 6 atom stereocenters. The molecule has 1 aromatic carbocycles. The Labute approximate surface area is 366 Å². The summed E-state index contributed by atoms with van der Waals surface area (Å²) in [7, 11) is -2.28. The second-order valence-corrected chi connectivity index (χ2v) is 21.2. The van der Waals surface area contributed by atoms with Gasteiger partial charge in [0.1, 0.15) is 39.9 Å². The summed E-state index contributed by atoms with van der Waals surface area (Å²) in [6, 6.07) is 4.13. The number of thiazole rings is 1. The van der Waals surface area contributed by atoms with Crippen LogP contribution in [0.25, 0.3) is 21.6 Å². The van der Waals surface area contributed by atoms with Crippen molar-refractivity contribution in [2.45, 2.75) is 108 Å². The van der Waals surface area contributed by atoms with Crippen molar-refractivity contribution in [3.8, 4) is 22.2 Å². The molecule has 14 nitrogen and oxygen atoms in total. The first-order chi connectivity index (χ1) is 29.1. The smallest absolute Gasteiger partial charge is 0.240 e. The van der Waals surface area contributed by atoms with Crippen LogP contribution < -0.4 is 14.2 Å². The predicted octanol–water partition coefficient (Wildman–Crippen LogP) is 6.16. The summed E-state index contributed by atoms with van der Waals surface area (Å²) < 4.78 is 52.5. The molecule has 2 saturated carbocycles. The number of amides is 2. The van der Waals surface area contributed by atoms with Crippen LogP contribution in [0.2, 0.25) is 5.02 Å². The van der Waals surface area contributed by atoms with Crippen molar-refractivity contribution in [3.63, 3.8) is 0 Å². The number of carbonyl (C=O) groups excluding carboxylic acids is 3. The van der Waals surface area contributed by atoms with Crippen molar-refractivity contribution >= 4 is 61.5 Å². The number of carbonyl (C=O) groups is 3. The Morgan fingerprint density at radius 2 is 1.90 bits per heavy atom. The number of Topliss-reactive ketones (excluding diaryl/α,β-unsaturated/α-hetero) is 1. The monoisotopic (exact) mass is 897 g/mol. The number of piperidine rings is 1. The minimum atomic E-state index is -3.85. The minimum Gasteiger partial charge on any atom is -0.491 e. The first-order valence-electron chi connectivity index (χ1n) is 21.3. The molecule has 3 aliphatic heterocycles.